The first-order valence-electron chi connectivity index (χ1n) is 6.79. The van der Waals surface area contributed by atoms with Crippen molar-refractivity contribution < 1.29 is 4.79 Å². The van der Waals surface area contributed by atoms with Crippen LogP contribution in [0.1, 0.15) is 31.5 Å². The lowest BCUT2D eigenvalue weighted by Gasteiger charge is -2.18. The Kier molecular flexibility index (Phi) is 3.69. The number of carbonyl (C=O) groups is 1. The van der Waals surface area contributed by atoms with E-state index in [4.69, 9.17) is 0 Å². The zero-order valence-electron chi connectivity index (χ0n) is 11.4. The van der Waals surface area contributed by atoms with Crippen LogP contribution in [0.25, 0.3) is 0 Å². The normalized spacial score (nSPS) is 16.4. The standard InChI is InChI=1S/C15H17N3OS/c1-11(14-9-20-10-16-14)17-12-4-2-5-13(8-12)18-7-3-6-15(18)19/h2,4-5,8-11,17H,3,6-7H2,1H3. The van der Waals surface area contributed by atoms with Gasteiger partial charge in [0.2, 0.25) is 5.91 Å². The number of benzene rings is 1. The van der Waals surface area contributed by atoms with Crippen molar-refractivity contribution in [3.63, 3.8) is 0 Å². The highest BCUT2D eigenvalue weighted by Gasteiger charge is 2.21. The van der Waals surface area contributed by atoms with Gasteiger partial charge in [-0.3, -0.25) is 4.79 Å². The number of amides is 1. The Morgan fingerprint density at radius 1 is 1.45 bits per heavy atom. The molecule has 5 heteroatoms. The SMILES string of the molecule is CC(Nc1cccc(N2CCCC2=O)c1)c1cscn1. The Bertz CT molecular complexity index is 597. The van der Waals surface area contributed by atoms with Gasteiger partial charge in [0.15, 0.2) is 0 Å². The summed E-state index contributed by atoms with van der Waals surface area (Å²) < 4.78 is 0. The number of thiazole rings is 1. The van der Waals surface area contributed by atoms with Crippen molar-refractivity contribution in [2.45, 2.75) is 25.8 Å². The first-order chi connectivity index (χ1) is 9.74. The molecule has 0 radical (unpaired) electrons. The first-order valence-corrected chi connectivity index (χ1v) is 7.73. The van der Waals surface area contributed by atoms with Gasteiger partial charge in [0.1, 0.15) is 0 Å². The van der Waals surface area contributed by atoms with E-state index in [1.165, 1.54) is 0 Å². The number of nitrogens with one attached hydrogen (secondary N) is 1. The summed E-state index contributed by atoms with van der Waals surface area (Å²) in [5.74, 6) is 0.217. The van der Waals surface area contributed by atoms with Crippen LogP contribution in [0.15, 0.2) is 35.2 Å². The molecule has 0 aliphatic carbocycles. The minimum absolute atomic E-state index is 0.158. The van der Waals surface area contributed by atoms with Gasteiger partial charge < -0.3 is 10.2 Å². The second kappa shape index (κ2) is 5.63. The Balaban J connectivity index is 1.76. The Morgan fingerprint density at radius 2 is 2.35 bits per heavy atom. The van der Waals surface area contributed by atoms with Crippen LogP contribution >= 0.6 is 11.3 Å². The molecule has 0 saturated carbocycles. The van der Waals surface area contributed by atoms with Gasteiger partial charge in [-0.25, -0.2) is 4.98 Å². The maximum Gasteiger partial charge on any atom is 0.227 e. The Hall–Kier alpha value is -1.88. The van der Waals surface area contributed by atoms with E-state index in [1.54, 1.807) is 11.3 Å². The molecule has 3 rings (SSSR count). The summed E-state index contributed by atoms with van der Waals surface area (Å²) in [4.78, 5) is 18.0. The van der Waals surface area contributed by atoms with E-state index in [2.05, 4.69) is 17.2 Å². The van der Waals surface area contributed by atoms with E-state index in [9.17, 15) is 4.79 Å². The number of hydrogen-bond acceptors (Lipinski definition) is 4. The van der Waals surface area contributed by atoms with Crippen molar-refractivity contribution in [3.8, 4) is 0 Å². The molecule has 4 nitrogen and oxygen atoms in total. The van der Waals surface area contributed by atoms with Gasteiger partial charge in [-0.1, -0.05) is 6.07 Å². The monoisotopic (exact) mass is 287 g/mol. The summed E-state index contributed by atoms with van der Waals surface area (Å²) >= 11 is 1.60. The van der Waals surface area contributed by atoms with Crippen LogP contribution in [0, 0.1) is 0 Å². The van der Waals surface area contributed by atoms with Gasteiger partial charge in [-0.15, -0.1) is 11.3 Å². The molecule has 104 valence electrons. The van der Waals surface area contributed by atoms with Crippen LogP contribution < -0.4 is 10.2 Å². The molecular formula is C15H17N3OS. The highest BCUT2D eigenvalue weighted by Crippen LogP contribution is 2.26. The van der Waals surface area contributed by atoms with Crippen molar-refractivity contribution in [2.24, 2.45) is 0 Å². The lowest BCUT2D eigenvalue weighted by molar-refractivity contribution is -0.117. The summed E-state index contributed by atoms with van der Waals surface area (Å²) in [5.41, 5.74) is 4.87. The lowest BCUT2D eigenvalue weighted by Crippen LogP contribution is -2.23. The van der Waals surface area contributed by atoms with Crippen molar-refractivity contribution in [2.75, 3.05) is 16.8 Å². The van der Waals surface area contributed by atoms with Gasteiger partial charge in [-0.2, -0.15) is 0 Å². The van der Waals surface area contributed by atoms with Crippen molar-refractivity contribution >= 4 is 28.6 Å². The van der Waals surface area contributed by atoms with E-state index < -0.39 is 0 Å². The van der Waals surface area contributed by atoms with Crippen LogP contribution in [0.3, 0.4) is 0 Å². The molecule has 20 heavy (non-hydrogen) atoms. The largest absolute Gasteiger partial charge is 0.377 e. The van der Waals surface area contributed by atoms with Crippen LogP contribution in [0.4, 0.5) is 11.4 Å². The molecule has 0 spiro atoms. The molecular weight excluding hydrogens is 270 g/mol. The van der Waals surface area contributed by atoms with E-state index in [0.29, 0.717) is 6.42 Å². The summed E-state index contributed by atoms with van der Waals surface area (Å²) in [7, 11) is 0. The highest BCUT2D eigenvalue weighted by atomic mass is 32.1. The molecule has 1 amide bonds. The molecule has 1 atom stereocenters. The third kappa shape index (κ3) is 2.67. The maximum atomic E-state index is 11.8. The zero-order chi connectivity index (χ0) is 13.9. The second-order valence-electron chi connectivity index (χ2n) is 4.98. The minimum Gasteiger partial charge on any atom is -0.377 e. The fourth-order valence-electron chi connectivity index (χ4n) is 2.44. The number of carbonyl (C=O) groups excluding carboxylic acids is 1. The van der Waals surface area contributed by atoms with Crippen molar-refractivity contribution in [1.29, 1.82) is 0 Å². The van der Waals surface area contributed by atoms with Crippen LogP contribution in [0.2, 0.25) is 0 Å². The highest BCUT2D eigenvalue weighted by molar-refractivity contribution is 7.07. The fourth-order valence-corrected chi connectivity index (χ4v) is 3.09. The fraction of sp³-hybridized carbons (Fsp3) is 0.333. The maximum absolute atomic E-state index is 11.8. The lowest BCUT2D eigenvalue weighted by atomic mass is 10.2. The molecule has 1 unspecified atom stereocenters. The molecule has 1 aliphatic rings. The zero-order valence-corrected chi connectivity index (χ0v) is 12.2. The molecule has 1 aromatic heterocycles. The van der Waals surface area contributed by atoms with Gasteiger partial charge in [-0.05, 0) is 31.5 Å². The molecule has 1 aliphatic heterocycles. The Morgan fingerprint density at radius 3 is 3.05 bits per heavy atom. The van der Waals surface area contributed by atoms with E-state index >= 15 is 0 Å². The summed E-state index contributed by atoms with van der Waals surface area (Å²) in [6.45, 7) is 2.91. The summed E-state index contributed by atoms with van der Waals surface area (Å²) in [6, 6.07) is 8.18. The van der Waals surface area contributed by atoms with Crippen LogP contribution in [-0.2, 0) is 4.79 Å². The average molecular weight is 287 g/mol. The number of rotatable bonds is 4. The number of aromatic nitrogens is 1. The number of nitrogens with zero attached hydrogens (tertiary/aromatic N) is 2. The topological polar surface area (TPSA) is 45.2 Å². The van der Waals surface area contributed by atoms with Gasteiger partial charge in [0.05, 0.1) is 17.2 Å². The molecule has 1 fully saturated rings. The first kappa shape index (κ1) is 13.1. The van der Waals surface area contributed by atoms with Crippen molar-refractivity contribution in [3.05, 3.63) is 40.8 Å². The predicted octanol–water partition coefficient (Wildman–Crippen LogP) is 3.44. The third-order valence-electron chi connectivity index (χ3n) is 3.51. The molecule has 1 N–H and O–H groups in total. The third-order valence-corrected chi connectivity index (χ3v) is 4.11. The van der Waals surface area contributed by atoms with Crippen LogP contribution in [-0.4, -0.2) is 17.4 Å². The molecule has 0 bridgehead atoms. The number of anilines is 2. The molecule has 2 aromatic rings. The van der Waals surface area contributed by atoms with Crippen molar-refractivity contribution in [1.82, 2.24) is 4.98 Å². The smallest absolute Gasteiger partial charge is 0.227 e. The molecule has 1 saturated heterocycles. The predicted molar refractivity (Wildman–Crippen MR) is 82.2 cm³/mol. The quantitative estimate of drug-likeness (QED) is 0.937. The number of hydrogen-bond donors (Lipinski definition) is 1. The van der Waals surface area contributed by atoms with E-state index in [1.807, 2.05) is 40.1 Å². The van der Waals surface area contributed by atoms with Crippen LogP contribution in [0.5, 0.6) is 0 Å². The minimum atomic E-state index is 0.158. The average Bonchev–Trinajstić information content (AvgIpc) is 3.10. The summed E-state index contributed by atoms with van der Waals surface area (Å²) in [6.07, 6.45) is 1.61. The Labute approximate surface area is 122 Å². The van der Waals surface area contributed by atoms with Gasteiger partial charge in [0, 0.05) is 29.7 Å². The molecule has 1 aromatic carbocycles. The van der Waals surface area contributed by atoms with E-state index in [-0.39, 0.29) is 11.9 Å². The second-order valence-corrected chi connectivity index (χ2v) is 5.70. The van der Waals surface area contributed by atoms with Gasteiger partial charge in [0.25, 0.3) is 0 Å². The molecule has 2 heterocycles. The van der Waals surface area contributed by atoms with E-state index in [0.717, 1.165) is 30.0 Å². The summed E-state index contributed by atoms with van der Waals surface area (Å²) in [5, 5.41) is 5.48. The van der Waals surface area contributed by atoms with Gasteiger partial charge >= 0.3 is 0 Å².